The molecule has 0 heterocycles. The highest BCUT2D eigenvalue weighted by molar-refractivity contribution is 5.65. The molecule has 0 N–H and O–H groups in total. The molecule has 1 saturated carbocycles. The third kappa shape index (κ3) is 7.91. The fourth-order valence-corrected chi connectivity index (χ4v) is 5.06. The van der Waals surface area contributed by atoms with Gasteiger partial charge >= 0.3 is 0 Å². The lowest BCUT2D eigenvalue weighted by atomic mass is 9.82. The summed E-state index contributed by atoms with van der Waals surface area (Å²) in [6, 6.07) is 15.4. The molecule has 1 aliphatic rings. The molecule has 0 aliphatic heterocycles. The largest absolute Gasteiger partial charge is 0.494 e. The SMILES string of the molecule is C=CCCCOc1ccc(C2CCC(OCc3ccc(-c4ccc(OCCCC)cc4)c(F)c3F)CC2)cc1F. The van der Waals surface area contributed by atoms with Crippen molar-refractivity contribution >= 4 is 0 Å². The van der Waals surface area contributed by atoms with Crippen molar-refractivity contribution in [2.45, 2.75) is 76.9 Å². The molecule has 0 aromatic heterocycles. The molecule has 4 rings (SSSR count). The molecule has 0 spiro atoms. The Morgan fingerprint density at radius 2 is 1.60 bits per heavy atom. The van der Waals surface area contributed by atoms with Gasteiger partial charge in [0.15, 0.2) is 23.2 Å². The Bertz CT molecular complexity index is 1230. The summed E-state index contributed by atoms with van der Waals surface area (Å²) in [5.41, 5.74) is 1.96. The van der Waals surface area contributed by atoms with Crippen molar-refractivity contribution in [3.8, 4) is 22.6 Å². The first-order valence-corrected chi connectivity index (χ1v) is 14.3. The fraction of sp³-hybridized carbons (Fsp3) is 0.412. The van der Waals surface area contributed by atoms with Crippen LogP contribution in [0.25, 0.3) is 11.1 Å². The predicted molar refractivity (Wildman–Crippen MR) is 153 cm³/mol. The normalized spacial score (nSPS) is 17.0. The zero-order chi connectivity index (χ0) is 28.3. The van der Waals surface area contributed by atoms with Crippen molar-refractivity contribution in [3.63, 3.8) is 0 Å². The molecule has 3 aromatic rings. The van der Waals surface area contributed by atoms with Gasteiger partial charge in [0.2, 0.25) is 0 Å². The van der Waals surface area contributed by atoms with Gasteiger partial charge < -0.3 is 14.2 Å². The Morgan fingerprint density at radius 1 is 0.850 bits per heavy atom. The summed E-state index contributed by atoms with van der Waals surface area (Å²) >= 11 is 0. The lowest BCUT2D eigenvalue weighted by molar-refractivity contribution is 0.0119. The van der Waals surface area contributed by atoms with E-state index in [0.29, 0.717) is 24.5 Å². The van der Waals surface area contributed by atoms with Crippen LogP contribution in [0.1, 0.15) is 75.3 Å². The third-order valence-electron chi connectivity index (χ3n) is 7.48. The standard InChI is InChI=1S/C34H39F3O3/c1-3-5-7-21-39-32-19-13-26(22-31(32)35)24-8-14-29(15-9-24)40-23-27-12-18-30(34(37)33(27)36)25-10-16-28(17-11-25)38-20-6-4-2/h3,10-13,16-19,22,24,29H,1,4-9,14-15,20-21,23H2,2H3. The van der Waals surface area contributed by atoms with E-state index in [1.165, 1.54) is 0 Å². The molecule has 0 amide bonds. The van der Waals surface area contributed by atoms with E-state index < -0.39 is 11.6 Å². The number of hydrogen-bond donors (Lipinski definition) is 0. The van der Waals surface area contributed by atoms with E-state index in [0.717, 1.165) is 56.9 Å². The van der Waals surface area contributed by atoms with Crippen molar-refractivity contribution < 1.29 is 27.4 Å². The van der Waals surface area contributed by atoms with Gasteiger partial charge in [0.25, 0.3) is 0 Å². The second-order valence-electron chi connectivity index (χ2n) is 10.4. The number of benzene rings is 3. The highest BCUT2D eigenvalue weighted by atomic mass is 19.2. The summed E-state index contributed by atoms with van der Waals surface area (Å²) in [6.07, 6.45) is 8.67. The molecule has 0 radical (unpaired) electrons. The van der Waals surface area contributed by atoms with Gasteiger partial charge in [0, 0.05) is 11.1 Å². The number of halogens is 3. The van der Waals surface area contributed by atoms with Crippen LogP contribution < -0.4 is 9.47 Å². The molecule has 6 heteroatoms. The minimum Gasteiger partial charge on any atom is -0.494 e. The van der Waals surface area contributed by atoms with E-state index in [-0.39, 0.29) is 41.3 Å². The van der Waals surface area contributed by atoms with Gasteiger partial charge in [-0.1, -0.05) is 49.8 Å². The van der Waals surface area contributed by atoms with E-state index in [9.17, 15) is 13.2 Å². The van der Waals surface area contributed by atoms with Gasteiger partial charge in [-0.25, -0.2) is 13.2 Å². The molecule has 40 heavy (non-hydrogen) atoms. The van der Waals surface area contributed by atoms with Crippen LogP contribution in [0.3, 0.4) is 0 Å². The van der Waals surface area contributed by atoms with Crippen LogP contribution in [0.2, 0.25) is 0 Å². The maximum absolute atomic E-state index is 15.0. The van der Waals surface area contributed by atoms with Crippen molar-refractivity contribution in [3.05, 3.63) is 95.8 Å². The first-order valence-electron chi connectivity index (χ1n) is 14.3. The van der Waals surface area contributed by atoms with Gasteiger partial charge in [-0.05, 0) is 86.3 Å². The number of rotatable bonds is 14. The molecule has 1 aliphatic carbocycles. The zero-order valence-electron chi connectivity index (χ0n) is 23.3. The van der Waals surface area contributed by atoms with E-state index in [2.05, 4.69) is 13.5 Å². The van der Waals surface area contributed by atoms with Crippen molar-refractivity contribution in [1.29, 1.82) is 0 Å². The second kappa shape index (κ2) is 14.9. The van der Waals surface area contributed by atoms with E-state index in [4.69, 9.17) is 14.2 Å². The Kier molecular flexibility index (Phi) is 11.1. The lowest BCUT2D eigenvalue weighted by Gasteiger charge is -2.29. The highest BCUT2D eigenvalue weighted by Crippen LogP contribution is 2.36. The van der Waals surface area contributed by atoms with Crippen LogP contribution in [-0.2, 0) is 11.3 Å². The maximum atomic E-state index is 15.0. The highest BCUT2D eigenvalue weighted by Gasteiger charge is 2.24. The molecule has 3 nitrogen and oxygen atoms in total. The summed E-state index contributed by atoms with van der Waals surface area (Å²) in [5.74, 6) is -0.869. The van der Waals surface area contributed by atoms with Crippen molar-refractivity contribution in [1.82, 2.24) is 0 Å². The topological polar surface area (TPSA) is 27.7 Å². The van der Waals surface area contributed by atoms with Gasteiger partial charge in [-0.15, -0.1) is 6.58 Å². The Hall–Kier alpha value is -3.25. The minimum atomic E-state index is -0.878. The smallest absolute Gasteiger partial charge is 0.167 e. The Labute approximate surface area is 236 Å². The van der Waals surface area contributed by atoms with Crippen LogP contribution in [0.15, 0.2) is 67.3 Å². The Balaban J connectivity index is 1.27. The van der Waals surface area contributed by atoms with Crippen LogP contribution >= 0.6 is 0 Å². The lowest BCUT2D eigenvalue weighted by Crippen LogP contribution is -2.21. The predicted octanol–water partition coefficient (Wildman–Crippen LogP) is 9.54. The average molecular weight is 553 g/mol. The molecule has 1 fully saturated rings. The number of hydrogen-bond acceptors (Lipinski definition) is 3. The van der Waals surface area contributed by atoms with Crippen LogP contribution in [0.4, 0.5) is 13.2 Å². The van der Waals surface area contributed by atoms with Crippen LogP contribution in [-0.4, -0.2) is 19.3 Å². The van der Waals surface area contributed by atoms with Gasteiger partial charge in [-0.3, -0.25) is 0 Å². The number of allylic oxidation sites excluding steroid dienone is 1. The fourth-order valence-electron chi connectivity index (χ4n) is 5.06. The summed E-state index contributed by atoms with van der Waals surface area (Å²) in [6.45, 7) is 6.87. The first kappa shape index (κ1) is 29.7. The molecular weight excluding hydrogens is 513 g/mol. The molecular formula is C34H39F3O3. The van der Waals surface area contributed by atoms with Crippen LogP contribution in [0, 0.1) is 17.5 Å². The van der Waals surface area contributed by atoms with Gasteiger partial charge in [-0.2, -0.15) is 0 Å². The third-order valence-corrected chi connectivity index (χ3v) is 7.48. The summed E-state index contributed by atoms with van der Waals surface area (Å²) in [7, 11) is 0. The second-order valence-corrected chi connectivity index (χ2v) is 10.4. The van der Waals surface area contributed by atoms with Gasteiger partial charge in [0.1, 0.15) is 5.75 Å². The summed E-state index contributed by atoms with van der Waals surface area (Å²) < 4.78 is 61.6. The monoisotopic (exact) mass is 552 g/mol. The number of unbranched alkanes of at least 4 members (excludes halogenated alkanes) is 2. The zero-order valence-corrected chi connectivity index (χ0v) is 23.3. The molecule has 214 valence electrons. The molecule has 0 unspecified atom stereocenters. The van der Waals surface area contributed by atoms with Crippen LogP contribution in [0.5, 0.6) is 11.5 Å². The molecule has 3 aromatic carbocycles. The van der Waals surface area contributed by atoms with E-state index in [1.807, 2.05) is 12.1 Å². The molecule has 0 atom stereocenters. The van der Waals surface area contributed by atoms with E-state index in [1.54, 1.807) is 48.5 Å². The molecule has 0 saturated heterocycles. The average Bonchev–Trinajstić information content (AvgIpc) is 2.98. The van der Waals surface area contributed by atoms with Gasteiger partial charge in [0.05, 0.1) is 25.9 Å². The van der Waals surface area contributed by atoms with Crippen molar-refractivity contribution in [2.75, 3.05) is 13.2 Å². The molecule has 0 bridgehead atoms. The Morgan fingerprint density at radius 3 is 2.30 bits per heavy atom. The van der Waals surface area contributed by atoms with E-state index >= 15 is 0 Å². The quantitative estimate of drug-likeness (QED) is 0.147. The summed E-state index contributed by atoms with van der Waals surface area (Å²) in [5, 5.41) is 0. The van der Waals surface area contributed by atoms with Crippen molar-refractivity contribution in [2.24, 2.45) is 0 Å². The minimum absolute atomic E-state index is 0.00902. The first-order chi connectivity index (χ1) is 19.5. The maximum Gasteiger partial charge on any atom is 0.167 e. The summed E-state index contributed by atoms with van der Waals surface area (Å²) in [4.78, 5) is 0. The number of ether oxygens (including phenoxy) is 3.